The molecule has 3 unspecified atom stereocenters. The Morgan fingerprint density at radius 1 is 1.17 bits per heavy atom. The summed E-state index contributed by atoms with van der Waals surface area (Å²) in [6.07, 6.45) is 1.18. The number of carboxylic acid groups (broad SMARTS) is 1. The second-order valence-electron chi connectivity index (χ2n) is 5.14. The molecule has 1 saturated carbocycles. The number of carbonyl (C=O) groups excluding carboxylic acids is 2. The average molecular weight is 256 g/mol. The van der Waals surface area contributed by atoms with E-state index in [1.807, 2.05) is 0 Å². The van der Waals surface area contributed by atoms with E-state index in [0.717, 1.165) is 0 Å². The Bertz CT molecular complexity index is 347. The zero-order valence-electron chi connectivity index (χ0n) is 11.0. The summed E-state index contributed by atoms with van der Waals surface area (Å²) in [4.78, 5) is 34.7. The van der Waals surface area contributed by atoms with Crippen LogP contribution in [0.1, 0.15) is 33.1 Å². The van der Waals surface area contributed by atoms with Gasteiger partial charge in [-0.05, 0) is 19.3 Å². The number of carbonyl (C=O) groups is 3. The van der Waals surface area contributed by atoms with Crippen molar-refractivity contribution in [2.75, 3.05) is 7.11 Å². The van der Waals surface area contributed by atoms with Gasteiger partial charge in [0.05, 0.1) is 18.9 Å². The van der Waals surface area contributed by atoms with Gasteiger partial charge >= 0.3 is 11.9 Å². The van der Waals surface area contributed by atoms with E-state index >= 15 is 0 Å². The first kappa shape index (κ1) is 14.7. The van der Waals surface area contributed by atoms with Crippen LogP contribution in [0, 0.1) is 23.7 Å². The lowest BCUT2D eigenvalue weighted by Crippen LogP contribution is -2.39. The molecule has 0 saturated heterocycles. The van der Waals surface area contributed by atoms with Gasteiger partial charge in [0.2, 0.25) is 0 Å². The van der Waals surface area contributed by atoms with Gasteiger partial charge in [0.15, 0.2) is 0 Å². The van der Waals surface area contributed by atoms with Gasteiger partial charge in [-0.25, -0.2) is 0 Å². The number of methoxy groups -OCH3 is 1. The van der Waals surface area contributed by atoms with Crippen molar-refractivity contribution in [1.82, 2.24) is 0 Å². The fourth-order valence-electron chi connectivity index (χ4n) is 2.59. The molecular weight excluding hydrogens is 236 g/mol. The molecule has 0 bridgehead atoms. The highest BCUT2D eigenvalue weighted by Crippen LogP contribution is 2.36. The van der Waals surface area contributed by atoms with E-state index in [2.05, 4.69) is 4.74 Å². The quantitative estimate of drug-likeness (QED) is 0.771. The molecule has 18 heavy (non-hydrogen) atoms. The Morgan fingerprint density at radius 3 is 2.22 bits per heavy atom. The van der Waals surface area contributed by atoms with E-state index in [4.69, 9.17) is 0 Å². The van der Waals surface area contributed by atoms with Crippen molar-refractivity contribution in [2.45, 2.75) is 33.1 Å². The molecule has 3 atom stereocenters. The molecule has 0 aliphatic heterocycles. The Balaban J connectivity index is 2.82. The largest absolute Gasteiger partial charge is 0.481 e. The third kappa shape index (κ3) is 3.09. The fraction of sp³-hybridized carbons (Fsp3) is 0.769. The van der Waals surface area contributed by atoms with Gasteiger partial charge in [0.1, 0.15) is 5.78 Å². The van der Waals surface area contributed by atoms with Gasteiger partial charge in [-0.2, -0.15) is 0 Å². The van der Waals surface area contributed by atoms with Gasteiger partial charge in [0.25, 0.3) is 0 Å². The molecule has 1 fully saturated rings. The molecule has 102 valence electrons. The first-order chi connectivity index (χ1) is 8.38. The van der Waals surface area contributed by atoms with E-state index in [9.17, 15) is 19.5 Å². The average Bonchev–Trinajstić information content (AvgIpc) is 2.35. The third-order valence-corrected chi connectivity index (χ3v) is 3.64. The summed E-state index contributed by atoms with van der Waals surface area (Å²) in [5.74, 6) is -3.20. The zero-order chi connectivity index (χ0) is 13.9. The standard InChI is InChI=1S/C13H20O5/c1-7(2)11(14)9-5-4-8(13(17)18-3)6-10(9)12(15)16/h7-10H,4-6H2,1-3H3,(H,15,16). The number of ether oxygens (including phenoxy) is 1. The predicted molar refractivity (Wildman–Crippen MR) is 63.8 cm³/mol. The highest BCUT2D eigenvalue weighted by atomic mass is 16.5. The highest BCUT2D eigenvalue weighted by molar-refractivity contribution is 5.88. The van der Waals surface area contributed by atoms with Crippen LogP contribution in [0.3, 0.4) is 0 Å². The molecule has 5 heteroatoms. The lowest BCUT2D eigenvalue weighted by molar-refractivity contribution is -0.155. The number of hydrogen-bond acceptors (Lipinski definition) is 4. The van der Waals surface area contributed by atoms with Crippen LogP contribution in [0.5, 0.6) is 0 Å². The first-order valence-electron chi connectivity index (χ1n) is 6.22. The van der Waals surface area contributed by atoms with Crippen LogP contribution in [-0.2, 0) is 19.1 Å². The third-order valence-electron chi connectivity index (χ3n) is 3.64. The monoisotopic (exact) mass is 256 g/mol. The van der Waals surface area contributed by atoms with Gasteiger partial charge in [-0.1, -0.05) is 13.8 Å². The van der Waals surface area contributed by atoms with E-state index in [1.54, 1.807) is 13.8 Å². The predicted octanol–water partition coefficient (Wildman–Crippen LogP) is 1.50. The van der Waals surface area contributed by atoms with Crippen molar-refractivity contribution in [3.8, 4) is 0 Å². The summed E-state index contributed by atoms with van der Waals surface area (Å²) in [7, 11) is 1.30. The van der Waals surface area contributed by atoms with Crippen LogP contribution in [-0.4, -0.2) is 29.9 Å². The smallest absolute Gasteiger partial charge is 0.308 e. The molecule has 0 spiro atoms. The maximum atomic E-state index is 12.0. The molecule has 5 nitrogen and oxygen atoms in total. The molecule has 0 aromatic rings. The van der Waals surface area contributed by atoms with E-state index in [0.29, 0.717) is 12.8 Å². The number of esters is 1. The summed E-state index contributed by atoms with van der Waals surface area (Å²) in [6, 6.07) is 0. The fourth-order valence-corrected chi connectivity index (χ4v) is 2.59. The van der Waals surface area contributed by atoms with Crippen molar-refractivity contribution in [2.24, 2.45) is 23.7 Å². The molecule has 1 aliphatic carbocycles. The summed E-state index contributed by atoms with van der Waals surface area (Å²) >= 11 is 0. The minimum Gasteiger partial charge on any atom is -0.481 e. The van der Waals surface area contributed by atoms with E-state index in [1.165, 1.54) is 7.11 Å². The molecule has 1 N–H and O–H groups in total. The topological polar surface area (TPSA) is 80.7 Å². The number of Topliss-reactive ketones (excluding diaryl/α,β-unsaturated/α-hetero) is 1. The second kappa shape index (κ2) is 5.98. The Kier molecular flexibility index (Phi) is 4.87. The number of rotatable bonds is 4. The molecule has 1 rings (SSSR count). The maximum absolute atomic E-state index is 12.0. The molecule has 0 aromatic carbocycles. The van der Waals surface area contributed by atoms with Crippen LogP contribution in [0.4, 0.5) is 0 Å². The lowest BCUT2D eigenvalue weighted by Gasteiger charge is -2.32. The van der Waals surface area contributed by atoms with Crippen LogP contribution < -0.4 is 0 Å². The van der Waals surface area contributed by atoms with Crippen molar-refractivity contribution < 1.29 is 24.2 Å². The lowest BCUT2D eigenvalue weighted by atomic mass is 9.70. The van der Waals surface area contributed by atoms with Crippen LogP contribution in [0.25, 0.3) is 0 Å². The van der Waals surface area contributed by atoms with Gasteiger partial charge in [-0.15, -0.1) is 0 Å². The summed E-state index contributed by atoms with van der Waals surface area (Å²) < 4.78 is 4.64. The van der Waals surface area contributed by atoms with E-state index < -0.39 is 23.7 Å². The molecule has 0 aromatic heterocycles. The number of aliphatic carboxylic acids is 1. The van der Waals surface area contributed by atoms with Crippen molar-refractivity contribution in [3.05, 3.63) is 0 Å². The number of ketones is 1. The molecule has 0 radical (unpaired) electrons. The second-order valence-corrected chi connectivity index (χ2v) is 5.14. The SMILES string of the molecule is COC(=O)C1CCC(C(=O)C(C)C)C(C(=O)O)C1. The van der Waals surface area contributed by atoms with Crippen molar-refractivity contribution >= 4 is 17.7 Å². The minimum absolute atomic E-state index is 0.0225. The van der Waals surface area contributed by atoms with Crippen LogP contribution in [0.2, 0.25) is 0 Å². The van der Waals surface area contributed by atoms with Crippen molar-refractivity contribution in [3.63, 3.8) is 0 Å². The van der Waals surface area contributed by atoms with Crippen molar-refractivity contribution in [1.29, 1.82) is 0 Å². The zero-order valence-corrected chi connectivity index (χ0v) is 11.0. The maximum Gasteiger partial charge on any atom is 0.308 e. The summed E-state index contributed by atoms with van der Waals surface area (Å²) in [5, 5.41) is 9.21. The summed E-state index contributed by atoms with van der Waals surface area (Å²) in [6.45, 7) is 3.54. The molecular formula is C13H20O5. The summed E-state index contributed by atoms with van der Waals surface area (Å²) in [5.41, 5.74) is 0. The molecule has 0 heterocycles. The molecule has 0 amide bonds. The van der Waals surface area contributed by atoms with Gasteiger partial charge in [-0.3, -0.25) is 14.4 Å². The Morgan fingerprint density at radius 2 is 1.78 bits per heavy atom. The minimum atomic E-state index is -0.998. The first-order valence-corrected chi connectivity index (χ1v) is 6.22. The van der Waals surface area contributed by atoms with Gasteiger partial charge < -0.3 is 9.84 Å². The number of hydrogen-bond donors (Lipinski definition) is 1. The normalized spacial score (nSPS) is 27.9. The number of carboxylic acids is 1. The van der Waals surface area contributed by atoms with E-state index in [-0.39, 0.29) is 24.1 Å². The van der Waals surface area contributed by atoms with Crippen LogP contribution in [0.15, 0.2) is 0 Å². The Labute approximate surface area is 107 Å². The van der Waals surface area contributed by atoms with Gasteiger partial charge in [0, 0.05) is 11.8 Å². The molecule has 1 aliphatic rings. The highest BCUT2D eigenvalue weighted by Gasteiger charge is 2.42. The Hall–Kier alpha value is -1.39. The van der Waals surface area contributed by atoms with Crippen LogP contribution >= 0.6 is 0 Å².